The van der Waals surface area contributed by atoms with Gasteiger partial charge in [0.05, 0.1) is 6.54 Å². The summed E-state index contributed by atoms with van der Waals surface area (Å²) >= 11 is 0. The minimum atomic E-state index is 0.280. The number of hydrogen-bond acceptors (Lipinski definition) is 3. The van der Waals surface area contributed by atoms with Gasteiger partial charge in [-0.15, -0.1) is 0 Å². The third-order valence-corrected chi connectivity index (χ3v) is 4.70. The minimum absolute atomic E-state index is 0.280. The Morgan fingerprint density at radius 2 is 1.86 bits per heavy atom. The van der Waals surface area contributed by atoms with Crippen LogP contribution in [0, 0.1) is 0 Å². The largest absolute Gasteiger partial charge is 0.362 e. The zero-order valence-corrected chi connectivity index (χ0v) is 12.9. The van der Waals surface area contributed by atoms with Gasteiger partial charge in [0.2, 0.25) is 5.91 Å². The van der Waals surface area contributed by atoms with Crippen LogP contribution >= 0.6 is 0 Å². The van der Waals surface area contributed by atoms with Crippen LogP contribution in [0.4, 0.5) is 5.69 Å². The number of carbonyl (C=O) groups excluding carboxylic acids is 1. The monoisotopic (exact) mass is 287 g/mol. The second-order valence-corrected chi connectivity index (χ2v) is 5.97. The van der Waals surface area contributed by atoms with Gasteiger partial charge in [0.1, 0.15) is 0 Å². The van der Waals surface area contributed by atoms with Gasteiger partial charge in [-0.1, -0.05) is 25.1 Å². The fraction of sp³-hybridized carbons (Fsp3) is 0.588. The third-order valence-electron chi connectivity index (χ3n) is 4.70. The normalized spacial score (nSPS) is 19.5. The van der Waals surface area contributed by atoms with E-state index in [-0.39, 0.29) is 5.91 Å². The van der Waals surface area contributed by atoms with Crippen molar-refractivity contribution < 1.29 is 4.79 Å². The molecule has 114 valence electrons. The van der Waals surface area contributed by atoms with Gasteiger partial charge >= 0.3 is 0 Å². The van der Waals surface area contributed by atoms with Crippen molar-refractivity contribution in [1.29, 1.82) is 0 Å². The van der Waals surface area contributed by atoms with Crippen LogP contribution in [0.15, 0.2) is 24.3 Å². The van der Waals surface area contributed by atoms with Crippen molar-refractivity contribution in [1.82, 2.24) is 9.80 Å². The number of piperazine rings is 1. The zero-order chi connectivity index (χ0) is 14.7. The van der Waals surface area contributed by atoms with Crippen molar-refractivity contribution in [2.45, 2.75) is 19.8 Å². The zero-order valence-electron chi connectivity index (χ0n) is 12.9. The number of hydrogen-bond donors (Lipinski definition) is 0. The molecule has 1 fully saturated rings. The number of aryl methyl sites for hydroxylation is 1. The molecule has 0 unspecified atom stereocenters. The molecule has 0 N–H and O–H groups in total. The highest BCUT2D eigenvalue weighted by Gasteiger charge is 2.24. The Morgan fingerprint density at radius 3 is 2.62 bits per heavy atom. The molecule has 0 aromatic heterocycles. The van der Waals surface area contributed by atoms with E-state index in [2.05, 4.69) is 41.0 Å². The highest BCUT2D eigenvalue weighted by molar-refractivity contribution is 5.82. The van der Waals surface area contributed by atoms with Gasteiger partial charge in [0.25, 0.3) is 0 Å². The van der Waals surface area contributed by atoms with E-state index in [4.69, 9.17) is 0 Å². The van der Waals surface area contributed by atoms with E-state index in [1.807, 2.05) is 4.90 Å². The molecule has 4 heteroatoms. The Bertz CT molecular complexity index is 495. The number of likely N-dealkylation sites (N-methyl/N-ethyl adjacent to an activating group) is 1. The second kappa shape index (κ2) is 6.48. The molecule has 1 amide bonds. The van der Waals surface area contributed by atoms with E-state index < -0.39 is 0 Å². The maximum atomic E-state index is 12.5. The Kier molecular flexibility index (Phi) is 4.44. The van der Waals surface area contributed by atoms with Gasteiger partial charge in [0.15, 0.2) is 0 Å². The van der Waals surface area contributed by atoms with Crippen LogP contribution in [0.1, 0.15) is 18.9 Å². The van der Waals surface area contributed by atoms with E-state index >= 15 is 0 Å². The standard InChI is InChI=1S/C17H25N3O/c1-2-18-10-12-19(13-11-18)17(21)14-20-9-5-7-15-6-3-4-8-16(15)20/h3-4,6,8H,2,5,7,9-14H2,1H3. The molecular weight excluding hydrogens is 262 g/mol. The fourth-order valence-electron chi connectivity index (χ4n) is 3.35. The first-order valence-corrected chi connectivity index (χ1v) is 8.11. The average molecular weight is 287 g/mol. The molecule has 0 radical (unpaired) electrons. The van der Waals surface area contributed by atoms with Crippen LogP contribution < -0.4 is 4.90 Å². The molecule has 1 aromatic rings. The molecule has 0 bridgehead atoms. The van der Waals surface area contributed by atoms with E-state index in [1.165, 1.54) is 11.3 Å². The minimum Gasteiger partial charge on any atom is -0.362 e. The highest BCUT2D eigenvalue weighted by atomic mass is 16.2. The van der Waals surface area contributed by atoms with Crippen LogP contribution in [0.25, 0.3) is 0 Å². The first-order chi connectivity index (χ1) is 10.3. The van der Waals surface area contributed by atoms with Crippen LogP contribution in [0.2, 0.25) is 0 Å². The molecule has 0 aliphatic carbocycles. The molecule has 21 heavy (non-hydrogen) atoms. The number of benzene rings is 1. The molecule has 0 spiro atoms. The van der Waals surface area contributed by atoms with Gasteiger partial charge in [-0.05, 0) is 31.0 Å². The summed E-state index contributed by atoms with van der Waals surface area (Å²) in [6.45, 7) is 8.58. The predicted molar refractivity (Wildman–Crippen MR) is 85.7 cm³/mol. The van der Waals surface area contributed by atoms with E-state index in [1.54, 1.807) is 0 Å². The predicted octanol–water partition coefficient (Wildman–Crippen LogP) is 1.60. The van der Waals surface area contributed by atoms with Gasteiger partial charge in [-0.2, -0.15) is 0 Å². The number of carbonyl (C=O) groups is 1. The lowest BCUT2D eigenvalue weighted by molar-refractivity contribution is -0.131. The van der Waals surface area contributed by atoms with Crippen molar-refractivity contribution >= 4 is 11.6 Å². The molecule has 2 aliphatic heterocycles. The van der Waals surface area contributed by atoms with E-state index in [0.29, 0.717) is 6.54 Å². The summed E-state index contributed by atoms with van der Waals surface area (Å²) in [4.78, 5) is 19.2. The van der Waals surface area contributed by atoms with Gasteiger partial charge in [-0.3, -0.25) is 4.79 Å². The van der Waals surface area contributed by atoms with Crippen molar-refractivity contribution in [3.8, 4) is 0 Å². The van der Waals surface area contributed by atoms with Crippen LogP contribution in [0.3, 0.4) is 0 Å². The van der Waals surface area contributed by atoms with E-state index in [9.17, 15) is 4.79 Å². The Morgan fingerprint density at radius 1 is 1.10 bits per heavy atom. The lowest BCUT2D eigenvalue weighted by atomic mass is 10.0. The summed E-state index contributed by atoms with van der Waals surface area (Å²) in [6, 6.07) is 8.50. The summed E-state index contributed by atoms with van der Waals surface area (Å²) in [6.07, 6.45) is 2.28. The third kappa shape index (κ3) is 3.21. The first-order valence-electron chi connectivity index (χ1n) is 8.11. The Balaban J connectivity index is 1.61. The van der Waals surface area contributed by atoms with Crippen molar-refractivity contribution in [2.75, 3.05) is 50.7 Å². The molecule has 1 aromatic carbocycles. The van der Waals surface area contributed by atoms with Crippen LogP contribution in [-0.2, 0) is 11.2 Å². The average Bonchev–Trinajstić information content (AvgIpc) is 2.55. The summed E-state index contributed by atoms with van der Waals surface area (Å²) in [5.41, 5.74) is 2.64. The smallest absolute Gasteiger partial charge is 0.242 e. The second-order valence-electron chi connectivity index (χ2n) is 5.97. The molecule has 4 nitrogen and oxygen atoms in total. The van der Waals surface area contributed by atoms with Crippen molar-refractivity contribution in [3.63, 3.8) is 0 Å². The molecule has 0 saturated carbocycles. The molecular formula is C17H25N3O. The number of nitrogens with zero attached hydrogens (tertiary/aromatic N) is 3. The molecule has 2 aliphatic rings. The number of para-hydroxylation sites is 1. The Labute approximate surface area is 127 Å². The van der Waals surface area contributed by atoms with Crippen molar-refractivity contribution in [2.24, 2.45) is 0 Å². The molecule has 2 heterocycles. The first kappa shape index (κ1) is 14.4. The maximum Gasteiger partial charge on any atom is 0.242 e. The Hall–Kier alpha value is -1.55. The number of rotatable bonds is 3. The lowest BCUT2D eigenvalue weighted by Gasteiger charge is -2.37. The summed E-state index contributed by atoms with van der Waals surface area (Å²) in [5, 5.41) is 0. The SMILES string of the molecule is CCN1CCN(C(=O)CN2CCCc3ccccc32)CC1. The maximum absolute atomic E-state index is 12.5. The number of amides is 1. The summed E-state index contributed by atoms with van der Waals surface area (Å²) in [5.74, 6) is 0.280. The lowest BCUT2D eigenvalue weighted by Crippen LogP contribution is -2.51. The van der Waals surface area contributed by atoms with Gasteiger partial charge < -0.3 is 14.7 Å². The van der Waals surface area contributed by atoms with Gasteiger partial charge in [-0.25, -0.2) is 0 Å². The molecule has 3 rings (SSSR count). The van der Waals surface area contributed by atoms with E-state index in [0.717, 1.165) is 52.1 Å². The molecule has 0 atom stereocenters. The number of fused-ring (bicyclic) bond motifs is 1. The summed E-state index contributed by atoms with van der Waals surface area (Å²) in [7, 11) is 0. The number of anilines is 1. The fourth-order valence-corrected chi connectivity index (χ4v) is 3.35. The topological polar surface area (TPSA) is 26.8 Å². The highest BCUT2D eigenvalue weighted by Crippen LogP contribution is 2.26. The van der Waals surface area contributed by atoms with Gasteiger partial charge in [0, 0.05) is 38.4 Å². The summed E-state index contributed by atoms with van der Waals surface area (Å²) < 4.78 is 0. The van der Waals surface area contributed by atoms with Crippen molar-refractivity contribution in [3.05, 3.63) is 29.8 Å². The van der Waals surface area contributed by atoms with Crippen LogP contribution in [-0.4, -0.2) is 61.5 Å². The van der Waals surface area contributed by atoms with Crippen LogP contribution in [0.5, 0.6) is 0 Å². The molecule has 1 saturated heterocycles. The quantitative estimate of drug-likeness (QED) is 0.845.